The zero-order valence-corrected chi connectivity index (χ0v) is 11.1. The van der Waals surface area contributed by atoms with Crippen LogP contribution in [0.15, 0.2) is 47.9 Å². The summed E-state index contributed by atoms with van der Waals surface area (Å²) < 4.78 is 0. The van der Waals surface area contributed by atoms with Gasteiger partial charge in [0.05, 0.1) is 6.42 Å². The van der Waals surface area contributed by atoms with Gasteiger partial charge in [0, 0.05) is 18.1 Å². The molecule has 3 N–H and O–H groups in total. The zero-order chi connectivity index (χ0) is 13.5. The number of amides is 1. The average Bonchev–Trinajstić information content (AvgIpc) is 2.47. The van der Waals surface area contributed by atoms with Crippen LogP contribution in [0.2, 0.25) is 0 Å². The number of carbonyl (C=O) groups is 1. The summed E-state index contributed by atoms with van der Waals surface area (Å²) in [6, 6.07) is 9.64. The molecule has 6 heteroatoms. The molecule has 0 saturated heterocycles. The quantitative estimate of drug-likeness (QED) is 0.282. The van der Waals surface area contributed by atoms with Crippen LogP contribution in [-0.2, 0) is 17.0 Å². The molecule has 0 saturated carbocycles. The van der Waals surface area contributed by atoms with Gasteiger partial charge >= 0.3 is 0 Å². The fraction of sp³-hybridized carbons (Fsp3) is 0.154. The maximum Gasteiger partial charge on any atom is 0.238 e. The molecule has 0 spiro atoms. The van der Waals surface area contributed by atoms with Crippen LogP contribution in [-0.4, -0.2) is 15.9 Å². The van der Waals surface area contributed by atoms with Crippen molar-refractivity contribution in [3.8, 4) is 0 Å². The molecule has 19 heavy (non-hydrogen) atoms. The Morgan fingerprint density at radius 2 is 1.79 bits per heavy atom. The summed E-state index contributed by atoms with van der Waals surface area (Å²) in [4.78, 5) is 19.4. The molecule has 0 radical (unpaired) electrons. The molecule has 1 amide bonds. The lowest BCUT2D eigenvalue weighted by atomic mass is 10.1. The van der Waals surface area contributed by atoms with Crippen LogP contribution < -0.4 is 11.3 Å². The first-order chi connectivity index (χ1) is 9.28. The van der Waals surface area contributed by atoms with E-state index in [1.807, 2.05) is 24.3 Å². The number of nitrogens with one attached hydrogen (secondary N) is 1. The number of benzene rings is 1. The Morgan fingerprint density at radius 3 is 2.42 bits per heavy atom. The van der Waals surface area contributed by atoms with E-state index in [0.29, 0.717) is 6.42 Å². The van der Waals surface area contributed by atoms with Crippen molar-refractivity contribution in [3.63, 3.8) is 0 Å². The molecule has 2 aromatic rings. The second kappa shape index (κ2) is 6.86. The van der Waals surface area contributed by atoms with Crippen molar-refractivity contribution in [1.29, 1.82) is 0 Å². The largest absolute Gasteiger partial charge is 0.294 e. The molecule has 1 heterocycles. The highest BCUT2D eigenvalue weighted by molar-refractivity contribution is 7.98. The van der Waals surface area contributed by atoms with Crippen molar-refractivity contribution in [2.24, 2.45) is 5.84 Å². The molecular weight excluding hydrogens is 260 g/mol. The Labute approximate surface area is 115 Å². The SMILES string of the molecule is NNC(=O)Cc1ccc(CSc2ncccn2)cc1. The summed E-state index contributed by atoms with van der Waals surface area (Å²) in [5.41, 5.74) is 4.21. The van der Waals surface area contributed by atoms with Crippen LogP contribution in [0.4, 0.5) is 0 Å². The van der Waals surface area contributed by atoms with Crippen molar-refractivity contribution >= 4 is 17.7 Å². The van der Waals surface area contributed by atoms with Gasteiger partial charge in [-0.1, -0.05) is 36.0 Å². The van der Waals surface area contributed by atoms with E-state index in [4.69, 9.17) is 5.84 Å². The lowest BCUT2D eigenvalue weighted by Crippen LogP contribution is -2.31. The van der Waals surface area contributed by atoms with E-state index in [1.54, 1.807) is 30.2 Å². The highest BCUT2D eigenvalue weighted by Crippen LogP contribution is 2.18. The summed E-state index contributed by atoms with van der Waals surface area (Å²) in [7, 11) is 0. The van der Waals surface area contributed by atoms with Crippen LogP contribution in [0.1, 0.15) is 11.1 Å². The Balaban J connectivity index is 1.90. The standard InChI is InChI=1S/C13H14N4OS/c14-17-12(18)8-10-2-4-11(5-3-10)9-19-13-15-6-1-7-16-13/h1-7H,8-9,14H2,(H,17,18). The number of hydrazine groups is 1. The molecule has 0 fully saturated rings. The average molecular weight is 274 g/mol. The summed E-state index contributed by atoms with van der Waals surface area (Å²) >= 11 is 1.58. The first-order valence-electron chi connectivity index (χ1n) is 5.75. The van der Waals surface area contributed by atoms with Gasteiger partial charge < -0.3 is 0 Å². The number of rotatable bonds is 5. The molecule has 0 bridgehead atoms. The molecule has 2 rings (SSSR count). The summed E-state index contributed by atoms with van der Waals surface area (Å²) in [5.74, 6) is 5.65. The van der Waals surface area contributed by atoms with E-state index in [0.717, 1.165) is 22.0 Å². The van der Waals surface area contributed by atoms with Gasteiger partial charge in [-0.25, -0.2) is 15.8 Å². The highest BCUT2D eigenvalue weighted by Gasteiger charge is 2.02. The molecule has 0 aliphatic heterocycles. The van der Waals surface area contributed by atoms with E-state index in [9.17, 15) is 4.79 Å². The molecule has 1 aromatic carbocycles. The van der Waals surface area contributed by atoms with Crippen molar-refractivity contribution in [1.82, 2.24) is 15.4 Å². The van der Waals surface area contributed by atoms with Gasteiger partial charge in [0.2, 0.25) is 5.91 Å². The minimum atomic E-state index is -0.195. The second-order valence-electron chi connectivity index (χ2n) is 3.88. The molecule has 5 nitrogen and oxygen atoms in total. The molecule has 98 valence electrons. The summed E-state index contributed by atoms with van der Waals surface area (Å²) in [6.07, 6.45) is 3.75. The fourth-order valence-electron chi connectivity index (χ4n) is 1.50. The normalized spacial score (nSPS) is 10.2. The van der Waals surface area contributed by atoms with E-state index in [2.05, 4.69) is 15.4 Å². The van der Waals surface area contributed by atoms with E-state index in [1.165, 1.54) is 0 Å². The van der Waals surface area contributed by atoms with Crippen molar-refractivity contribution in [2.45, 2.75) is 17.3 Å². The predicted molar refractivity (Wildman–Crippen MR) is 74.1 cm³/mol. The maximum absolute atomic E-state index is 11.1. The minimum absolute atomic E-state index is 0.195. The molecule has 0 unspecified atom stereocenters. The molecular formula is C13H14N4OS. The van der Waals surface area contributed by atoms with Crippen LogP contribution >= 0.6 is 11.8 Å². The Kier molecular flexibility index (Phi) is 4.88. The lowest BCUT2D eigenvalue weighted by Gasteiger charge is -2.03. The maximum atomic E-state index is 11.1. The minimum Gasteiger partial charge on any atom is -0.294 e. The number of thioether (sulfide) groups is 1. The summed E-state index contributed by atoms with van der Waals surface area (Å²) in [6.45, 7) is 0. The number of nitrogens with two attached hydrogens (primary N) is 1. The second-order valence-corrected chi connectivity index (χ2v) is 4.82. The topological polar surface area (TPSA) is 80.9 Å². The van der Waals surface area contributed by atoms with E-state index in [-0.39, 0.29) is 5.91 Å². The van der Waals surface area contributed by atoms with Gasteiger partial charge in [0.25, 0.3) is 0 Å². The van der Waals surface area contributed by atoms with Gasteiger partial charge in [-0.2, -0.15) is 0 Å². The van der Waals surface area contributed by atoms with E-state index < -0.39 is 0 Å². The fourth-order valence-corrected chi connectivity index (χ4v) is 2.26. The van der Waals surface area contributed by atoms with Crippen LogP contribution in [0, 0.1) is 0 Å². The number of aromatic nitrogens is 2. The van der Waals surface area contributed by atoms with Gasteiger partial charge in [0.1, 0.15) is 0 Å². The monoisotopic (exact) mass is 274 g/mol. The molecule has 0 atom stereocenters. The van der Waals surface area contributed by atoms with Crippen LogP contribution in [0.3, 0.4) is 0 Å². The third kappa shape index (κ3) is 4.35. The van der Waals surface area contributed by atoms with Gasteiger partial charge in [-0.05, 0) is 17.2 Å². The van der Waals surface area contributed by atoms with Gasteiger partial charge in [-0.3, -0.25) is 10.2 Å². The first kappa shape index (κ1) is 13.5. The molecule has 0 aliphatic carbocycles. The molecule has 1 aromatic heterocycles. The van der Waals surface area contributed by atoms with Crippen molar-refractivity contribution in [2.75, 3.05) is 0 Å². The lowest BCUT2D eigenvalue weighted by molar-refractivity contribution is -0.120. The van der Waals surface area contributed by atoms with Gasteiger partial charge in [-0.15, -0.1) is 0 Å². The van der Waals surface area contributed by atoms with Crippen molar-refractivity contribution < 1.29 is 4.79 Å². The number of carbonyl (C=O) groups excluding carboxylic acids is 1. The third-order valence-electron chi connectivity index (χ3n) is 2.46. The van der Waals surface area contributed by atoms with Crippen molar-refractivity contribution in [3.05, 3.63) is 53.9 Å². The van der Waals surface area contributed by atoms with Crippen LogP contribution in [0.25, 0.3) is 0 Å². The Hall–Kier alpha value is -1.92. The highest BCUT2D eigenvalue weighted by atomic mass is 32.2. The smallest absolute Gasteiger partial charge is 0.238 e. The Bertz CT molecular complexity index is 530. The number of hydrogen-bond acceptors (Lipinski definition) is 5. The number of nitrogens with zero attached hydrogens (tertiary/aromatic N) is 2. The molecule has 0 aliphatic rings. The van der Waals surface area contributed by atoms with E-state index >= 15 is 0 Å². The first-order valence-corrected chi connectivity index (χ1v) is 6.73. The van der Waals surface area contributed by atoms with Crippen LogP contribution in [0.5, 0.6) is 0 Å². The summed E-state index contributed by atoms with van der Waals surface area (Å²) in [5, 5.41) is 0.758. The third-order valence-corrected chi connectivity index (χ3v) is 3.41. The Morgan fingerprint density at radius 1 is 1.16 bits per heavy atom. The number of hydrogen-bond donors (Lipinski definition) is 2. The van der Waals surface area contributed by atoms with Gasteiger partial charge in [0.15, 0.2) is 5.16 Å². The zero-order valence-electron chi connectivity index (χ0n) is 10.2. The predicted octanol–water partition coefficient (Wildman–Crippen LogP) is 1.30.